The lowest BCUT2D eigenvalue weighted by Gasteiger charge is -2.18. The maximum absolute atomic E-state index is 5.80. The van der Waals surface area contributed by atoms with Crippen molar-refractivity contribution >= 4 is 11.1 Å². The zero-order chi connectivity index (χ0) is 15.0. The van der Waals surface area contributed by atoms with Gasteiger partial charge in [-0.3, -0.25) is 0 Å². The molecule has 3 rings (SSSR count). The van der Waals surface area contributed by atoms with Crippen LogP contribution >= 0.6 is 0 Å². The van der Waals surface area contributed by atoms with Crippen LogP contribution in [0.2, 0.25) is 0 Å². The molecule has 5 nitrogen and oxygen atoms in total. The minimum Gasteiger partial charge on any atom is -0.435 e. The molecule has 1 aromatic carbocycles. The van der Waals surface area contributed by atoms with E-state index in [2.05, 4.69) is 42.9 Å². The van der Waals surface area contributed by atoms with Crippen molar-refractivity contribution < 1.29 is 4.42 Å². The van der Waals surface area contributed by atoms with Crippen molar-refractivity contribution in [3.8, 4) is 11.6 Å². The van der Waals surface area contributed by atoms with E-state index >= 15 is 0 Å². The van der Waals surface area contributed by atoms with Crippen LogP contribution in [0.15, 0.2) is 35.1 Å². The highest BCUT2D eigenvalue weighted by atomic mass is 16.3. The summed E-state index contributed by atoms with van der Waals surface area (Å²) in [4.78, 5) is 8.88. The molecule has 0 spiro atoms. The van der Waals surface area contributed by atoms with Crippen LogP contribution in [0.4, 0.5) is 0 Å². The summed E-state index contributed by atoms with van der Waals surface area (Å²) in [5.74, 6) is 0.548. The Bertz CT molecular complexity index is 764. The van der Waals surface area contributed by atoms with E-state index in [-0.39, 0.29) is 5.41 Å². The summed E-state index contributed by atoms with van der Waals surface area (Å²) < 4.78 is 7.73. The first-order valence-electron chi connectivity index (χ1n) is 7.10. The lowest BCUT2D eigenvalue weighted by atomic mass is 9.87. The van der Waals surface area contributed by atoms with Gasteiger partial charge < -0.3 is 14.7 Å². The van der Waals surface area contributed by atoms with Gasteiger partial charge in [0.1, 0.15) is 11.2 Å². The molecule has 0 atom stereocenters. The highest BCUT2D eigenvalue weighted by molar-refractivity contribution is 5.76. The molecule has 0 amide bonds. The van der Waals surface area contributed by atoms with Crippen molar-refractivity contribution in [3.63, 3.8) is 0 Å². The number of nitrogens with zero attached hydrogens (tertiary/aromatic N) is 3. The zero-order valence-electron chi connectivity index (χ0n) is 12.6. The minimum atomic E-state index is 0.0933. The van der Waals surface area contributed by atoms with Crippen LogP contribution in [0.1, 0.15) is 26.3 Å². The maximum atomic E-state index is 5.80. The second kappa shape index (κ2) is 5.00. The molecule has 0 fully saturated rings. The Morgan fingerprint density at radius 2 is 2.10 bits per heavy atom. The largest absolute Gasteiger partial charge is 0.435 e. The predicted molar refractivity (Wildman–Crippen MR) is 83.0 cm³/mol. The quantitative estimate of drug-likeness (QED) is 0.802. The third-order valence-electron chi connectivity index (χ3n) is 3.49. The van der Waals surface area contributed by atoms with Gasteiger partial charge in [0.15, 0.2) is 5.58 Å². The fourth-order valence-corrected chi connectivity index (χ4v) is 2.25. The van der Waals surface area contributed by atoms with Gasteiger partial charge in [0.2, 0.25) is 5.89 Å². The number of imidazole rings is 1. The summed E-state index contributed by atoms with van der Waals surface area (Å²) in [6.45, 7) is 7.87. The minimum absolute atomic E-state index is 0.0933. The normalized spacial score (nSPS) is 12.2. The maximum Gasteiger partial charge on any atom is 0.247 e. The molecule has 0 saturated carbocycles. The van der Waals surface area contributed by atoms with E-state index < -0.39 is 0 Å². The molecule has 21 heavy (non-hydrogen) atoms. The molecule has 0 aliphatic carbocycles. The van der Waals surface area contributed by atoms with Crippen molar-refractivity contribution in [2.45, 2.75) is 32.7 Å². The molecule has 0 bridgehead atoms. The Labute approximate surface area is 123 Å². The predicted octanol–water partition coefficient (Wildman–Crippen LogP) is 2.95. The van der Waals surface area contributed by atoms with Crippen molar-refractivity contribution in [3.05, 3.63) is 36.3 Å². The second-order valence-electron chi connectivity index (χ2n) is 6.24. The van der Waals surface area contributed by atoms with E-state index in [1.807, 2.05) is 16.8 Å². The molecule has 0 unspecified atom stereocenters. The fourth-order valence-electron chi connectivity index (χ4n) is 2.25. The van der Waals surface area contributed by atoms with Gasteiger partial charge >= 0.3 is 0 Å². The molecule has 0 saturated heterocycles. The van der Waals surface area contributed by atoms with E-state index in [1.54, 1.807) is 6.33 Å². The summed E-state index contributed by atoms with van der Waals surface area (Å²) in [6, 6.07) is 6.15. The average molecular weight is 284 g/mol. The van der Waals surface area contributed by atoms with Crippen LogP contribution < -0.4 is 5.73 Å². The van der Waals surface area contributed by atoms with E-state index in [0.717, 1.165) is 23.3 Å². The van der Waals surface area contributed by atoms with Crippen LogP contribution in [-0.2, 0) is 12.0 Å². The van der Waals surface area contributed by atoms with E-state index in [1.165, 1.54) is 5.56 Å². The van der Waals surface area contributed by atoms with Crippen molar-refractivity contribution in [2.75, 3.05) is 6.54 Å². The smallest absolute Gasteiger partial charge is 0.247 e. The van der Waals surface area contributed by atoms with Crippen LogP contribution in [0, 0.1) is 0 Å². The molecule has 0 aliphatic heterocycles. The molecule has 5 heteroatoms. The van der Waals surface area contributed by atoms with Crippen molar-refractivity contribution in [1.29, 1.82) is 0 Å². The van der Waals surface area contributed by atoms with Gasteiger partial charge in [-0.2, -0.15) is 0 Å². The molecule has 2 aromatic heterocycles. The second-order valence-corrected chi connectivity index (χ2v) is 6.24. The number of hydrogen-bond acceptors (Lipinski definition) is 4. The van der Waals surface area contributed by atoms with Gasteiger partial charge in [-0.25, -0.2) is 9.97 Å². The van der Waals surface area contributed by atoms with Gasteiger partial charge in [0.25, 0.3) is 0 Å². The number of oxazole rings is 1. The summed E-state index contributed by atoms with van der Waals surface area (Å²) in [5.41, 5.74) is 9.26. The van der Waals surface area contributed by atoms with E-state index in [9.17, 15) is 0 Å². The number of nitrogens with two attached hydrogens (primary N) is 1. The summed E-state index contributed by atoms with van der Waals surface area (Å²) in [7, 11) is 0. The monoisotopic (exact) mass is 284 g/mol. The summed E-state index contributed by atoms with van der Waals surface area (Å²) in [5, 5.41) is 0. The first-order valence-corrected chi connectivity index (χ1v) is 7.10. The number of aromatic nitrogens is 3. The zero-order valence-corrected chi connectivity index (χ0v) is 12.6. The first-order chi connectivity index (χ1) is 9.97. The fraction of sp³-hybridized carbons (Fsp3) is 0.375. The topological polar surface area (TPSA) is 69.9 Å². The molecular weight excluding hydrogens is 264 g/mol. The Morgan fingerprint density at radius 3 is 2.81 bits per heavy atom. The third kappa shape index (κ3) is 2.69. The van der Waals surface area contributed by atoms with Crippen LogP contribution in [0.5, 0.6) is 0 Å². The standard InChI is InChI=1S/C16H20N4O/c1-16(2,3)11-4-5-14-12(8-11)19-15(21-14)13-9-20(7-6-17)10-18-13/h4-5,8-10H,6-7,17H2,1-3H3. The van der Waals surface area contributed by atoms with Crippen LogP contribution in [0.25, 0.3) is 22.7 Å². The SMILES string of the molecule is CC(C)(C)c1ccc2oc(-c3cn(CCN)cn3)nc2c1. The van der Waals surface area contributed by atoms with E-state index in [0.29, 0.717) is 12.4 Å². The summed E-state index contributed by atoms with van der Waals surface area (Å²) >= 11 is 0. The van der Waals surface area contributed by atoms with E-state index in [4.69, 9.17) is 10.2 Å². The Kier molecular flexibility index (Phi) is 3.29. The van der Waals surface area contributed by atoms with Crippen molar-refractivity contribution in [2.24, 2.45) is 5.73 Å². The molecule has 0 radical (unpaired) electrons. The lowest BCUT2D eigenvalue weighted by Crippen LogP contribution is -2.10. The Hall–Kier alpha value is -2.14. The highest BCUT2D eigenvalue weighted by Gasteiger charge is 2.16. The Morgan fingerprint density at radius 1 is 1.29 bits per heavy atom. The molecule has 110 valence electrons. The third-order valence-corrected chi connectivity index (χ3v) is 3.49. The number of fused-ring (bicyclic) bond motifs is 1. The lowest BCUT2D eigenvalue weighted by molar-refractivity contribution is 0.590. The van der Waals surface area contributed by atoms with Gasteiger partial charge in [0.05, 0.1) is 6.33 Å². The van der Waals surface area contributed by atoms with Gasteiger partial charge in [-0.1, -0.05) is 26.8 Å². The average Bonchev–Trinajstić information content (AvgIpc) is 3.02. The first kappa shape index (κ1) is 13.8. The van der Waals surface area contributed by atoms with Gasteiger partial charge in [-0.05, 0) is 23.1 Å². The molecular formula is C16H20N4O. The van der Waals surface area contributed by atoms with Crippen LogP contribution in [0.3, 0.4) is 0 Å². The number of benzene rings is 1. The van der Waals surface area contributed by atoms with Crippen molar-refractivity contribution in [1.82, 2.24) is 14.5 Å². The summed E-state index contributed by atoms with van der Waals surface area (Å²) in [6.07, 6.45) is 3.65. The highest BCUT2D eigenvalue weighted by Crippen LogP contribution is 2.28. The molecule has 2 N–H and O–H groups in total. The number of hydrogen-bond donors (Lipinski definition) is 1. The van der Waals surface area contributed by atoms with Gasteiger partial charge in [-0.15, -0.1) is 0 Å². The van der Waals surface area contributed by atoms with Crippen LogP contribution in [-0.4, -0.2) is 21.1 Å². The molecule has 0 aliphatic rings. The Balaban J connectivity index is 2.00. The number of rotatable bonds is 3. The van der Waals surface area contributed by atoms with Gasteiger partial charge in [0, 0.05) is 19.3 Å². The molecule has 3 aromatic rings. The molecule has 2 heterocycles.